The summed E-state index contributed by atoms with van der Waals surface area (Å²) in [5.41, 5.74) is 8.97. The van der Waals surface area contributed by atoms with Crippen LogP contribution < -0.4 is 10.6 Å². The van der Waals surface area contributed by atoms with E-state index in [1.54, 1.807) is 12.1 Å². The van der Waals surface area contributed by atoms with Crippen molar-refractivity contribution in [1.82, 2.24) is 9.88 Å². The summed E-state index contributed by atoms with van der Waals surface area (Å²) in [6.07, 6.45) is 3.90. The van der Waals surface area contributed by atoms with Crippen LogP contribution in [0.5, 0.6) is 0 Å². The topological polar surface area (TPSA) is 108 Å². The van der Waals surface area contributed by atoms with Crippen LogP contribution in [0.15, 0.2) is 67.4 Å². The highest BCUT2D eigenvalue weighted by molar-refractivity contribution is 5.88. The molecule has 9 heteroatoms. The summed E-state index contributed by atoms with van der Waals surface area (Å²) in [4.78, 5) is 30.6. The fourth-order valence-corrected chi connectivity index (χ4v) is 4.49. The van der Waals surface area contributed by atoms with E-state index in [4.69, 9.17) is 5.73 Å². The number of nitrogens with zero attached hydrogens (tertiary/aromatic N) is 3. The summed E-state index contributed by atoms with van der Waals surface area (Å²) in [6, 6.07) is 14.4. The highest BCUT2D eigenvalue weighted by atomic mass is 35.5. The average molecular weight is 456 g/mol. The van der Waals surface area contributed by atoms with Crippen LogP contribution in [0.4, 0.5) is 11.4 Å². The normalized spacial score (nSPS) is 18.3. The molecule has 2 atom stereocenters. The lowest BCUT2D eigenvalue weighted by atomic mass is 9.90. The zero-order valence-electron chi connectivity index (χ0n) is 17.5. The van der Waals surface area contributed by atoms with E-state index in [-0.39, 0.29) is 36.1 Å². The van der Waals surface area contributed by atoms with E-state index in [1.807, 2.05) is 29.3 Å². The number of carbonyl (C=O) groups excluding carboxylic acids is 1. The summed E-state index contributed by atoms with van der Waals surface area (Å²) in [5.74, 6) is -0.121. The van der Waals surface area contributed by atoms with Gasteiger partial charge in [-0.15, -0.1) is 12.4 Å². The third-order valence-corrected chi connectivity index (χ3v) is 5.91. The van der Waals surface area contributed by atoms with E-state index in [1.165, 1.54) is 18.2 Å². The average Bonchev–Trinajstić information content (AvgIpc) is 3.26. The molecule has 0 saturated carbocycles. The van der Waals surface area contributed by atoms with E-state index in [0.29, 0.717) is 26.1 Å². The molecule has 2 unspecified atom stereocenters. The predicted octanol–water partition coefficient (Wildman–Crippen LogP) is 3.79. The van der Waals surface area contributed by atoms with Gasteiger partial charge in [0.05, 0.1) is 17.0 Å². The number of non-ortho nitro benzene ring substituents is 1. The van der Waals surface area contributed by atoms with Gasteiger partial charge >= 0.3 is 0 Å². The molecule has 3 aromatic rings. The molecule has 0 aliphatic carbocycles. The molecule has 2 heterocycles. The second kappa shape index (κ2) is 9.84. The SMILES string of the molecule is C=CC(=O)N1CCN(c2ccc([N+](=O)[O-])cc2)C(CCN)C1c1ccc2[nH]ccc2c1.Cl. The van der Waals surface area contributed by atoms with Gasteiger partial charge in [-0.05, 0) is 60.3 Å². The molecule has 0 radical (unpaired) electrons. The molecule has 1 aliphatic rings. The summed E-state index contributed by atoms with van der Waals surface area (Å²) >= 11 is 0. The Bertz CT molecular complexity index is 1110. The van der Waals surface area contributed by atoms with Gasteiger partial charge in [-0.2, -0.15) is 0 Å². The van der Waals surface area contributed by atoms with Gasteiger partial charge in [0, 0.05) is 42.6 Å². The molecule has 1 saturated heterocycles. The standard InChI is InChI=1S/C23H25N5O3.ClH/c1-2-22(29)27-14-13-26(18-4-6-19(7-5-18)28(30)31)21(9-11-24)23(27)17-3-8-20-16(15-17)10-12-25-20;/h2-8,10,12,15,21,23,25H,1,9,11,13-14,24H2;1H. The van der Waals surface area contributed by atoms with E-state index in [2.05, 4.69) is 22.5 Å². The van der Waals surface area contributed by atoms with Crippen molar-refractivity contribution >= 4 is 40.6 Å². The lowest BCUT2D eigenvalue weighted by Gasteiger charge is -2.49. The number of halogens is 1. The number of hydrogen-bond donors (Lipinski definition) is 2. The number of benzene rings is 2. The minimum absolute atomic E-state index is 0. The van der Waals surface area contributed by atoms with Crippen molar-refractivity contribution in [2.24, 2.45) is 5.73 Å². The number of hydrogen-bond acceptors (Lipinski definition) is 5. The second-order valence-corrected chi connectivity index (χ2v) is 7.62. The lowest BCUT2D eigenvalue weighted by molar-refractivity contribution is -0.384. The third kappa shape index (κ3) is 4.32. The van der Waals surface area contributed by atoms with Crippen LogP contribution in [0.2, 0.25) is 0 Å². The molecule has 168 valence electrons. The zero-order chi connectivity index (χ0) is 22.0. The Morgan fingerprint density at radius 1 is 1.22 bits per heavy atom. The molecule has 0 bridgehead atoms. The van der Waals surface area contributed by atoms with Gasteiger partial charge in [-0.1, -0.05) is 12.6 Å². The van der Waals surface area contributed by atoms with Gasteiger partial charge in [0.1, 0.15) is 0 Å². The van der Waals surface area contributed by atoms with Crippen LogP contribution in [0.3, 0.4) is 0 Å². The second-order valence-electron chi connectivity index (χ2n) is 7.62. The van der Waals surface area contributed by atoms with Gasteiger partial charge in [0.25, 0.3) is 5.69 Å². The number of anilines is 1. The van der Waals surface area contributed by atoms with E-state index < -0.39 is 4.92 Å². The summed E-state index contributed by atoms with van der Waals surface area (Å²) in [7, 11) is 0. The lowest BCUT2D eigenvalue weighted by Crippen LogP contribution is -2.57. The fraction of sp³-hybridized carbons (Fsp3) is 0.261. The van der Waals surface area contributed by atoms with Crippen molar-refractivity contribution in [3.05, 3.63) is 83.1 Å². The fourth-order valence-electron chi connectivity index (χ4n) is 4.49. The summed E-state index contributed by atoms with van der Waals surface area (Å²) in [6.45, 7) is 5.25. The molecular weight excluding hydrogens is 430 g/mol. The Kier molecular flexibility index (Phi) is 7.17. The first-order valence-electron chi connectivity index (χ1n) is 10.2. The Morgan fingerprint density at radius 2 is 1.97 bits per heavy atom. The molecule has 3 N–H and O–H groups in total. The molecule has 0 spiro atoms. The smallest absolute Gasteiger partial charge is 0.269 e. The van der Waals surface area contributed by atoms with Crippen LogP contribution in [0, 0.1) is 10.1 Å². The number of nitrogens with one attached hydrogen (secondary N) is 1. The molecule has 32 heavy (non-hydrogen) atoms. The van der Waals surface area contributed by atoms with Crippen molar-refractivity contribution in [2.75, 3.05) is 24.5 Å². The maximum Gasteiger partial charge on any atom is 0.269 e. The van der Waals surface area contributed by atoms with Gasteiger partial charge in [-0.3, -0.25) is 14.9 Å². The Balaban J connectivity index is 0.00000289. The number of H-pyrrole nitrogens is 1. The molecule has 1 fully saturated rings. The largest absolute Gasteiger partial charge is 0.364 e. The summed E-state index contributed by atoms with van der Waals surface area (Å²) in [5, 5.41) is 12.1. The number of nitro benzene ring substituents is 1. The van der Waals surface area contributed by atoms with Crippen LogP contribution in [-0.4, -0.2) is 46.4 Å². The van der Waals surface area contributed by atoms with Crippen molar-refractivity contribution < 1.29 is 9.72 Å². The first-order chi connectivity index (χ1) is 15.0. The van der Waals surface area contributed by atoms with Gasteiger partial charge < -0.3 is 20.5 Å². The van der Waals surface area contributed by atoms with Gasteiger partial charge in [0.2, 0.25) is 5.91 Å². The minimum Gasteiger partial charge on any atom is -0.364 e. The number of nitro groups is 1. The monoisotopic (exact) mass is 455 g/mol. The highest BCUT2D eigenvalue weighted by Crippen LogP contribution is 2.37. The number of piperazine rings is 1. The number of aromatic nitrogens is 1. The maximum absolute atomic E-state index is 12.8. The summed E-state index contributed by atoms with van der Waals surface area (Å²) < 4.78 is 0. The zero-order valence-corrected chi connectivity index (χ0v) is 18.3. The van der Waals surface area contributed by atoms with Crippen molar-refractivity contribution in [1.29, 1.82) is 0 Å². The van der Waals surface area contributed by atoms with Crippen LogP contribution in [0.25, 0.3) is 10.9 Å². The van der Waals surface area contributed by atoms with Gasteiger partial charge in [-0.25, -0.2) is 0 Å². The van der Waals surface area contributed by atoms with E-state index >= 15 is 0 Å². The van der Waals surface area contributed by atoms with Crippen LogP contribution in [-0.2, 0) is 4.79 Å². The molecule has 1 aliphatic heterocycles. The van der Waals surface area contributed by atoms with E-state index in [0.717, 1.165) is 22.2 Å². The van der Waals surface area contributed by atoms with Crippen LogP contribution >= 0.6 is 12.4 Å². The molecule has 1 amide bonds. The number of fused-ring (bicyclic) bond motifs is 1. The number of amides is 1. The quantitative estimate of drug-likeness (QED) is 0.334. The number of aromatic amines is 1. The first kappa shape index (κ1) is 23.3. The first-order valence-corrected chi connectivity index (χ1v) is 10.2. The maximum atomic E-state index is 12.8. The highest BCUT2D eigenvalue weighted by Gasteiger charge is 2.39. The molecule has 8 nitrogen and oxygen atoms in total. The van der Waals surface area contributed by atoms with E-state index in [9.17, 15) is 14.9 Å². The Morgan fingerprint density at radius 3 is 2.62 bits per heavy atom. The minimum atomic E-state index is -0.406. The third-order valence-electron chi connectivity index (χ3n) is 5.91. The number of carbonyl (C=O) groups is 1. The van der Waals surface area contributed by atoms with Crippen molar-refractivity contribution in [2.45, 2.75) is 18.5 Å². The Labute approximate surface area is 192 Å². The predicted molar refractivity (Wildman–Crippen MR) is 128 cm³/mol. The van der Waals surface area contributed by atoms with Crippen molar-refractivity contribution in [3.8, 4) is 0 Å². The molecule has 4 rings (SSSR count). The van der Waals surface area contributed by atoms with Crippen molar-refractivity contribution in [3.63, 3.8) is 0 Å². The van der Waals surface area contributed by atoms with Gasteiger partial charge in [0.15, 0.2) is 0 Å². The Hall–Kier alpha value is -3.36. The number of rotatable bonds is 6. The molecule has 1 aromatic heterocycles. The molecule has 2 aromatic carbocycles. The molecular formula is C23H26ClN5O3. The van der Waals surface area contributed by atoms with Crippen LogP contribution in [0.1, 0.15) is 18.0 Å². The number of nitrogens with two attached hydrogens (primary N) is 1.